The fraction of sp³-hybridized carbons (Fsp3) is 0.538. The van der Waals surface area contributed by atoms with Crippen LogP contribution in [0.3, 0.4) is 0 Å². The summed E-state index contributed by atoms with van der Waals surface area (Å²) in [5.74, 6) is 2.21. The molecule has 0 unspecified atom stereocenters. The average Bonchev–Trinajstić information content (AvgIpc) is 3.16. The lowest BCUT2D eigenvalue weighted by molar-refractivity contribution is 0.408. The summed E-state index contributed by atoms with van der Waals surface area (Å²) in [6.45, 7) is 2.81. The number of nitrogens with zero attached hydrogens (tertiary/aromatic N) is 6. The smallest absolute Gasteiger partial charge is 0.213 e. The molecule has 21 heavy (non-hydrogen) atoms. The zero-order valence-corrected chi connectivity index (χ0v) is 12.8. The minimum atomic E-state index is 0.542. The molecule has 0 saturated heterocycles. The highest BCUT2D eigenvalue weighted by molar-refractivity contribution is 6.17. The molecule has 8 heteroatoms. The van der Waals surface area contributed by atoms with E-state index in [1.165, 1.54) is 6.39 Å². The Morgan fingerprint density at radius 1 is 1.33 bits per heavy atom. The molecule has 0 aliphatic heterocycles. The van der Waals surface area contributed by atoms with E-state index < -0.39 is 0 Å². The first-order chi connectivity index (χ1) is 10.2. The summed E-state index contributed by atoms with van der Waals surface area (Å²) in [4.78, 5) is 8.78. The summed E-state index contributed by atoms with van der Waals surface area (Å²) in [5.41, 5.74) is 3.00. The van der Waals surface area contributed by atoms with Gasteiger partial charge in [-0.05, 0) is 6.42 Å². The number of hydrogen-bond acceptors (Lipinski definition) is 5. The van der Waals surface area contributed by atoms with Crippen LogP contribution in [-0.2, 0) is 32.9 Å². The first-order valence-corrected chi connectivity index (χ1v) is 7.50. The van der Waals surface area contributed by atoms with Crippen molar-refractivity contribution < 1.29 is 4.52 Å². The molecular formula is C13H17ClN6O. The number of halogens is 1. The zero-order chi connectivity index (χ0) is 14.8. The van der Waals surface area contributed by atoms with E-state index >= 15 is 0 Å². The number of hydrogen-bond donors (Lipinski definition) is 0. The molecule has 3 aromatic rings. The maximum absolute atomic E-state index is 5.90. The highest BCUT2D eigenvalue weighted by atomic mass is 35.5. The van der Waals surface area contributed by atoms with Gasteiger partial charge < -0.3 is 9.09 Å². The van der Waals surface area contributed by atoms with E-state index in [1.807, 2.05) is 11.7 Å². The molecule has 0 amide bonds. The van der Waals surface area contributed by atoms with Crippen LogP contribution >= 0.6 is 11.6 Å². The lowest BCUT2D eigenvalue weighted by atomic mass is 10.3. The van der Waals surface area contributed by atoms with Crippen LogP contribution in [0.25, 0.3) is 11.2 Å². The molecule has 0 radical (unpaired) electrons. The van der Waals surface area contributed by atoms with Crippen molar-refractivity contribution in [2.24, 2.45) is 7.05 Å². The van der Waals surface area contributed by atoms with Gasteiger partial charge in [-0.3, -0.25) is 4.68 Å². The molecule has 7 nitrogen and oxygen atoms in total. The normalized spacial score (nSPS) is 11.6. The van der Waals surface area contributed by atoms with Crippen LogP contribution in [-0.4, -0.2) is 35.4 Å². The molecule has 0 N–H and O–H groups in total. The SMILES string of the molecule is CCc1nn(C)c2c1nc(CCCl)n2CCc1ncon1. The maximum atomic E-state index is 5.90. The first kappa shape index (κ1) is 14.1. The molecule has 3 heterocycles. The Morgan fingerprint density at radius 2 is 2.19 bits per heavy atom. The van der Waals surface area contributed by atoms with Crippen LogP contribution in [0.1, 0.15) is 24.3 Å². The molecule has 0 bridgehead atoms. The molecular weight excluding hydrogens is 292 g/mol. The minimum Gasteiger partial charge on any atom is -0.343 e. The van der Waals surface area contributed by atoms with E-state index in [0.717, 1.165) is 42.1 Å². The average molecular weight is 309 g/mol. The van der Waals surface area contributed by atoms with Gasteiger partial charge in [0, 0.05) is 32.3 Å². The van der Waals surface area contributed by atoms with Crippen molar-refractivity contribution in [2.45, 2.75) is 32.7 Å². The minimum absolute atomic E-state index is 0.542. The Balaban J connectivity index is 2.00. The van der Waals surface area contributed by atoms with Crippen LogP contribution in [0.5, 0.6) is 0 Å². The van der Waals surface area contributed by atoms with Crippen molar-refractivity contribution in [1.82, 2.24) is 29.5 Å². The molecule has 0 aromatic carbocycles. The van der Waals surface area contributed by atoms with Crippen molar-refractivity contribution in [3.63, 3.8) is 0 Å². The topological polar surface area (TPSA) is 74.6 Å². The van der Waals surface area contributed by atoms with Crippen LogP contribution < -0.4 is 0 Å². The highest BCUT2D eigenvalue weighted by Gasteiger charge is 2.18. The second-order valence-electron chi connectivity index (χ2n) is 4.81. The number of fused-ring (bicyclic) bond motifs is 1. The number of aromatic nitrogens is 6. The predicted molar refractivity (Wildman–Crippen MR) is 78.3 cm³/mol. The number of rotatable bonds is 6. The van der Waals surface area contributed by atoms with E-state index in [4.69, 9.17) is 21.1 Å². The summed E-state index contributed by atoms with van der Waals surface area (Å²) in [7, 11) is 1.94. The van der Waals surface area contributed by atoms with Crippen LogP contribution in [0, 0.1) is 0 Å². The van der Waals surface area contributed by atoms with Crippen LogP contribution in [0.15, 0.2) is 10.9 Å². The molecule has 0 saturated carbocycles. The Bertz CT molecular complexity index is 730. The highest BCUT2D eigenvalue weighted by Crippen LogP contribution is 2.21. The van der Waals surface area contributed by atoms with E-state index in [9.17, 15) is 0 Å². The maximum Gasteiger partial charge on any atom is 0.213 e. The van der Waals surface area contributed by atoms with Gasteiger partial charge in [-0.1, -0.05) is 12.1 Å². The Labute approximate surface area is 126 Å². The van der Waals surface area contributed by atoms with Crippen molar-refractivity contribution in [1.29, 1.82) is 0 Å². The molecule has 112 valence electrons. The predicted octanol–water partition coefficient (Wildman–Crippen LogP) is 1.74. The van der Waals surface area contributed by atoms with Gasteiger partial charge in [0.05, 0.1) is 5.69 Å². The van der Waals surface area contributed by atoms with Gasteiger partial charge in [-0.25, -0.2) is 4.98 Å². The zero-order valence-electron chi connectivity index (χ0n) is 12.1. The van der Waals surface area contributed by atoms with Crippen molar-refractivity contribution in [3.05, 3.63) is 23.7 Å². The lowest BCUT2D eigenvalue weighted by Crippen LogP contribution is -2.10. The molecule has 0 aliphatic rings. The third-order valence-electron chi connectivity index (χ3n) is 3.49. The Morgan fingerprint density at radius 3 is 2.86 bits per heavy atom. The van der Waals surface area contributed by atoms with Crippen molar-refractivity contribution >= 4 is 22.8 Å². The fourth-order valence-electron chi connectivity index (χ4n) is 2.55. The monoisotopic (exact) mass is 308 g/mol. The van der Waals surface area contributed by atoms with Crippen molar-refractivity contribution in [2.75, 3.05) is 5.88 Å². The summed E-state index contributed by atoms with van der Waals surface area (Å²) in [5, 5.41) is 8.37. The summed E-state index contributed by atoms with van der Waals surface area (Å²) < 4.78 is 8.81. The largest absolute Gasteiger partial charge is 0.343 e. The van der Waals surface area contributed by atoms with Gasteiger partial charge in [-0.15, -0.1) is 11.6 Å². The van der Waals surface area contributed by atoms with E-state index in [-0.39, 0.29) is 0 Å². The van der Waals surface area contributed by atoms with Gasteiger partial charge >= 0.3 is 0 Å². The Hall–Kier alpha value is -1.89. The number of aryl methyl sites for hydroxylation is 5. The molecule has 0 fully saturated rings. The van der Waals surface area contributed by atoms with Crippen LogP contribution in [0.2, 0.25) is 0 Å². The van der Waals surface area contributed by atoms with Gasteiger partial charge in [0.15, 0.2) is 11.5 Å². The van der Waals surface area contributed by atoms with Gasteiger partial charge in [0.25, 0.3) is 0 Å². The second-order valence-corrected chi connectivity index (χ2v) is 5.19. The molecule has 0 atom stereocenters. The second kappa shape index (κ2) is 5.85. The van der Waals surface area contributed by atoms with E-state index in [0.29, 0.717) is 18.1 Å². The summed E-state index contributed by atoms with van der Waals surface area (Å²) >= 11 is 5.90. The van der Waals surface area contributed by atoms with Crippen molar-refractivity contribution in [3.8, 4) is 0 Å². The fourth-order valence-corrected chi connectivity index (χ4v) is 2.72. The number of alkyl halides is 1. The van der Waals surface area contributed by atoms with Gasteiger partial charge in [0.2, 0.25) is 6.39 Å². The van der Waals surface area contributed by atoms with Gasteiger partial charge in [-0.2, -0.15) is 10.1 Å². The lowest BCUT2D eigenvalue weighted by Gasteiger charge is -2.07. The number of imidazole rings is 1. The Kier molecular flexibility index (Phi) is 3.92. The van der Waals surface area contributed by atoms with E-state index in [1.54, 1.807) is 0 Å². The van der Waals surface area contributed by atoms with Gasteiger partial charge in [0.1, 0.15) is 11.3 Å². The molecule has 0 spiro atoms. The summed E-state index contributed by atoms with van der Waals surface area (Å²) in [6, 6.07) is 0. The quantitative estimate of drug-likeness (QED) is 0.648. The first-order valence-electron chi connectivity index (χ1n) is 6.96. The van der Waals surface area contributed by atoms with Crippen LogP contribution in [0.4, 0.5) is 0 Å². The van der Waals surface area contributed by atoms with E-state index in [2.05, 4.69) is 26.7 Å². The molecule has 3 aromatic heterocycles. The molecule has 3 rings (SSSR count). The summed E-state index contributed by atoms with van der Waals surface area (Å²) in [6.07, 6.45) is 3.62. The molecule has 0 aliphatic carbocycles. The third-order valence-corrected chi connectivity index (χ3v) is 3.68. The standard InChI is InChI=1S/C13H17ClN6O/c1-3-9-12-13(19(2)17-9)20(11(16-12)4-6-14)7-5-10-15-8-21-18-10/h8H,3-7H2,1-2H3. The third kappa shape index (κ3) is 2.53.